The number of benzene rings is 2. The van der Waals surface area contributed by atoms with Gasteiger partial charge < -0.3 is 21.7 Å². The maximum absolute atomic E-state index is 12.4. The second-order valence-corrected chi connectivity index (χ2v) is 10.8. The summed E-state index contributed by atoms with van der Waals surface area (Å²) in [5.41, 5.74) is 14.0. The summed E-state index contributed by atoms with van der Waals surface area (Å²) in [5, 5.41) is 28.4. The Hall–Kier alpha value is -4.76. The van der Waals surface area contributed by atoms with Gasteiger partial charge >= 0.3 is 5.69 Å². The van der Waals surface area contributed by atoms with Crippen molar-refractivity contribution in [1.29, 1.82) is 10.7 Å². The average molecular weight is 556 g/mol. The molecule has 2 aliphatic rings. The van der Waals surface area contributed by atoms with Crippen molar-refractivity contribution >= 4 is 17.6 Å². The van der Waals surface area contributed by atoms with E-state index in [2.05, 4.69) is 26.6 Å². The number of nitrogens with two attached hydrogens (primary N) is 2. The molecule has 1 saturated heterocycles. The van der Waals surface area contributed by atoms with Crippen LogP contribution in [0.1, 0.15) is 75.0 Å². The monoisotopic (exact) mass is 555 g/mol. The minimum atomic E-state index is -0.996. The molecular weight excluding hydrogens is 522 g/mol. The highest BCUT2D eigenvalue weighted by molar-refractivity contribution is 5.94. The second-order valence-electron chi connectivity index (χ2n) is 10.8. The molecule has 0 spiro atoms. The number of hydrogen-bond donors (Lipinski definition) is 6. The molecule has 0 bridgehead atoms. The Bertz CT molecular complexity index is 1550. The Kier molecular flexibility index (Phi) is 7.47. The summed E-state index contributed by atoms with van der Waals surface area (Å²) < 4.78 is 0. The fourth-order valence-corrected chi connectivity index (χ4v) is 6.33. The van der Waals surface area contributed by atoms with Crippen molar-refractivity contribution in [2.75, 3.05) is 13.1 Å². The fraction of sp³-hybridized carbons (Fsp3) is 0.379. The zero-order chi connectivity index (χ0) is 29.3. The molecule has 1 fully saturated rings. The van der Waals surface area contributed by atoms with Crippen molar-refractivity contribution in [2.24, 2.45) is 11.5 Å². The van der Waals surface area contributed by atoms with Crippen molar-refractivity contribution < 1.29 is 9.59 Å². The SMILES string of the molecule is CC(CC1(c2n[nH]c(=O)[nH]2)c2ccc(C(N)=O)cc2CCc2cc(C(N)=O)ccc21)NCC(=N)N1CCCC1C#N. The van der Waals surface area contributed by atoms with E-state index >= 15 is 0 Å². The third kappa shape index (κ3) is 5.12. The molecule has 41 heavy (non-hydrogen) atoms. The minimum Gasteiger partial charge on any atom is -0.366 e. The molecule has 212 valence electrons. The maximum Gasteiger partial charge on any atom is 0.340 e. The third-order valence-corrected chi connectivity index (χ3v) is 8.25. The number of hydrogen-bond acceptors (Lipinski definition) is 7. The molecule has 3 aromatic rings. The van der Waals surface area contributed by atoms with Crippen LogP contribution in [0.2, 0.25) is 0 Å². The number of primary amides is 2. The molecule has 1 aliphatic carbocycles. The van der Waals surface area contributed by atoms with Gasteiger partial charge in [0.1, 0.15) is 17.7 Å². The van der Waals surface area contributed by atoms with Crippen LogP contribution in [0.5, 0.6) is 0 Å². The Balaban J connectivity index is 1.61. The van der Waals surface area contributed by atoms with Gasteiger partial charge in [-0.1, -0.05) is 12.1 Å². The highest BCUT2D eigenvalue weighted by Crippen LogP contribution is 2.46. The lowest BCUT2D eigenvalue weighted by atomic mass is 9.67. The molecule has 12 heteroatoms. The van der Waals surface area contributed by atoms with E-state index in [-0.39, 0.29) is 18.6 Å². The van der Waals surface area contributed by atoms with E-state index in [0.717, 1.165) is 35.1 Å². The van der Waals surface area contributed by atoms with Gasteiger partial charge in [0.25, 0.3) is 0 Å². The number of carbonyl (C=O) groups excluding carboxylic acids is 2. The van der Waals surface area contributed by atoms with Crippen molar-refractivity contribution in [3.8, 4) is 6.07 Å². The average Bonchev–Trinajstić information content (AvgIpc) is 3.60. The van der Waals surface area contributed by atoms with E-state index in [0.29, 0.717) is 48.6 Å². The molecule has 2 amide bonds. The van der Waals surface area contributed by atoms with Crippen molar-refractivity contribution in [3.05, 3.63) is 86.1 Å². The van der Waals surface area contributed by atoms with E-state index < -0.39 is 22.9 Å². The summed E-state index contributed by atoms with van der Waals surface area (Å²) in [4.78, 5) is 41.3. The number of H-pyrrole nitrogens is 2. The first kappa shape index (κ1) is 27.8. The largest absolute Gasteiger partial charge is 0.366 e. The van der Waals surface area contributed by atoms with Gasteiger partial charge in [0.05, 0.1) is 18.0 Å². The van der Waals surface area contributed by atoms with Crippen molar-refractivity contribution in [1.82, 2.24) is 25.4 Å². The van der Waals surface area contributed by atoms with Crippen LogP contribution in [0.15, 0.2) is 41.2 Å². The van der Waals surface area contributed by atoms with Gasteiger partial charge in [0, 0.05) is 23.7 Å². The molecule has 2 atom stereocenters. The Morgan fingerprint density at radius 1 is 1.17 bits per heavy atom. The zero-order valence-electron chi connectivity index (χ0n) is 22.8. The summed E-state index contributed by atoms with van der Waals surface area (Å²) in [6.07, 6.45) is 3.14. The quantitative estimate of drug-likeness (QED) is 0.176. The number of aromatic nitrogens is 3. The Labute approximate surface area is 236 Å². The van der Waals surface area contributed by atoms with Crippen LogP contribution in [-0.4, -0.2) is 62.9 Å². The number of amides is 2. The standard InChI is InChI=1S/C29H33N9O3/c1-16(34-15-24(31)38-10-2-3-21(38)14-30)13-29(27-35-28(41)37-36-27)22-8-6-19(25(32)39)11-17(22)4-5-18-12-20(26(33)40)7-9-23(18)29/h6-9,11-12,16,21,31,34H,2-5,10,13,15H2,1H3,(H2,32,39)(H2,33,40)(H2,35,36,37,41). The number of amidine groups is 1. The number of nitrogens with zero attached hydrogens (tertiary/aromatic N) is 3. The van der Waals surface area contributed by atoms with E-state index in [1.807, 2.05) is 24.0 Å². The van der Waals surface area contributed by atoms with E-state index in [4.69, 9.17) is 16.9 Å². The fourth-order valence-electron chi connectivity index (χ4n) is 6.33. The molecule has 0 saturated carbocycles. The van der Waals surface area contributed by atoms with Gasteiger partial charge in [-0.05, 0) is 85.5 Å². The van der Waals surface area contributed by atoms with Crippen LogP contribution in [-0.2, 0) is 18.3 Å². The number of aryl methyl sites for hydroxylation is 2. The smallest absolute Gasteiger partial charge is 0.340 e. The molecule has 2 heterocycles. The van der Waals surface area contributed by atoms with Crippen LogP contribution in [0.3, 0.4) is 0 Å². The first-order valence-corrected chi connectivity index (χ1v) is 13.6. The highest BCUT2D eigenvalue weighted by atomic mass is 16.2. The van der Waals surface area contributed by atoms with Gasteiger partial charge in [-0.15, -0.1) is 0 Å². The van der Waals surface area contributed by atoms with E-state index in [1.54, 1.807) is 24.3 Å². The van der Waals surface area contributed by atoms with Crippen LogP contribution >= 0.6 is 0 Å². The number of carbonyl (C=O) groups is 2. The number of likely N-dealkylation sites (tertiary alicyclic amines) is 1. The van der Waals surface area contributed by atoms with Crippen LogP contribution in [0, 0.1) is 16.7 Å². The summed E-state index contributed by atoms with van der Waals surface area (Å²) in [6.45, 7) is 2.93. The van der Waals surface area contributed by atoms with Crippen molar-refractivity contribution in [2.45, 2.75) is 56.5 Å². The molecule has 2 unspecified atom stereocenters. The molecule has 5 rings (SSSR count). The van der Waals surface area contributed by atoms with Crippen LogP contribution < -0.4 is 22.5 Å². The van der Waals surface area contributed by atoms with Gasteiger partial charge in [0.2, 0.25) is 11.8 Å². The maximum atomic E-state index is 12.4. The molecule has 0 radical (unpaired) electrons. The molecular formula is C29H33N9O3. The van der Waals surface area contributed by atoms with Gasteiger partial charge in [-0.3, -0.25) is 20.0 Å². The molecule has 12 nitrogen and oxygen atoms in total. The van der Waals surface area contributed by atoms with Gasteiger partial charge in [-0.25, -0.2) is 9.89 Å². The Morgan fingerprint density at radius 3 is 2.29 bits per heavy atom. The first-order valence-electron chi connectivity index (χ1n) is 13.6. The number of rotatable bonds is 8. The topological polar surface area (TPSA) is 211 Å². The normalized spacial score (nSPS) is 18.0. The molecule has 2 aromatic carbocycles. The van der Waals surface area contributed by atoms with E-state index in [9.17, 15) is 19.6 Å². The third-order valence-electron chi connectivity index (χ3n) is 8.25. The predicted octanol–water partition coefficient (Wildman–Crippen LogP) is 1.06. The number of fused-ring (bicyclic) bond motifs is 2. The number of nitriles is 1. The predicted molar refractivity (Wildman–Crippen MR) is 152 cm³/mol. The summed E-state index contributed by atoms with van der Waals surface area (Å²) in [5.74, 6) is -0.355. The molecule has 8 N–H and O–H groups in total. The minimum absolute atomic E-state index is 0.205. The number of aromatic amines is 2. The summed E-state index contributed by atoms with van der Waals surface area (Å²) in [6, 6.07) is 12.4. The summed E-state index contributed by atoms with van der Waals surface area (Å²) in [7, 11) is 0. The van der Waals surface area contributed by atoms with Crippen molar-refractivity contribution in [3.63, 3.8) is 0 Å². The lowest BCUT2D eigenvalue weighted by Gasteiger charge is -2.37. The molecule has 1 aromatic heterocycles. The van der Waals surface area contributed by atoms with Crippen LogP contribution in [0.25, 0.3) is 0 Å². The van der Waals surface area contributed by atoms with Crippen LogP contribution in [0.4, 0.5) is 0 Å². The molecule has 1 aliphatic heterocycles. The number of nitrogens with one attached hydrogen (secondary N) is 4. The Morgan fingerprint density at radius 2 is 1.78 bits per heavy atom. The van der Waals surface area contributed by atoms with Gasteiger partial charge in [-0.2, -0.15) is 10.4 Å². The summed E-state index contributed by atoms with van der Waals surface area (Å²) >= 11 is 0. The van der Waals surface area contributed by atoms with Gasteiger partial charge in [0.15, 0.2) is 0 Å². The lowest BCUT2D eigenvalue weighted by Crippen LogP contribution is -2.45. The first-order chi connectivity index (χ1) is 19.6. The lowest BCUT2D eigenvalue weighted by molar-refractivity contribution is 0.0991. The highest BCUT2D eigenvalue weighted by Gasteiger charge is 2.45. The zero-order valence-corrected chi connectivity index (χ0v) is 22.8. The van der Waals surface area contributed by atoms with E-state index in [1.165, 1.54) is 0 Å². The second kappa shape index (κ2) is 11.0.